The topological polar surface area (TPSA) is 121 Å². The molecule has 1 heterocycles. The third kappa shape index (κ3) is 4.92. The molecule has 0 unspecified atom stereocenters. The van der Waals surface area contributed by atoms with E-state index >= 15 is 0 Å². The van der Waals surface area contributed by atoms with Gasteiger partial charge in [0.15, 0.2) is 0 Å². The second-order valence-corrected chi connectivity index (χ2v) is 8.83. The molecular formula is C22H26N4O5S. The van der Waals surface area contributed by atoms with E-state index in [0.717, 1.165) is 10.9 Å². The molecule has 0 fully saturated rings. The molecule has 0 aliphatic rings. The van der Waals surface area contributed by atoms with Gasteiger partial charge in [0, 0.05) is 35.6 Å². The Hall–Kier alpha value is -3.37. The number of nitrogens with zero attached hydrogens (tertiary/aromatic N) is 1. The highest BCUT2D eigenvalue weighted by Gasteiger charge is 2.22. The van der Waals surface area contributed by atoms with Crippen molar-refractivity contribution >= 4 is 32.7 Å². The molecule has 0 bridgehead atoms. The third-order valence-electron chi connectivity index (χ3n) is 4.88. The Morgan fingerprint density at radius 2 is 1.69 bits per heavy atom. The van der Waals surface area contributed by atoms with Crippen LogP contribution in [0, 0.1) is 0 Å². The molecule has 170 valence electrons. The number of carbonyl (C=O) groups excluding carboxylic acids is 2. The fourth-order valence-corrected chi connectivity index (χ4v) is 4.75. The summed E-state index contributed by atoms with van der Waals surface area (Å²) < 4.78 is 32.1. The van der Waals surface area contributed by atoms with E-state index in [-0.39, 0.29) is 16.2 Å². The first-order valence-corrected chi connectivity index (χ1v) is 11.7. The number of hydrogen-bond acceptors (Lipinski definition) is 5. The minimum Gasteiger partial charge on any atom is -0.494 e. The van der Waals surface area contributed by atoms with Crippen molar-refractivity contribution in [3.05, 3.63) is 59.8 Å². The summed E-state index contributed by atoms with van der Waals surface area (Å²) in [6.45, 7) is 6.55. The maximum absolute atomic E-state index is 12.7. The van der Waals surface area contributed by atoms with Crippen LogP contribution in [0.1, 0.15) is 41.6 Å². The molecule has 0 atom stereocenters. The molecule has 0 aliphatic carbocycles. The van der Waals surface area contributed by atoms with E-state index in [0.29, 0.717) is 25.4 Å². The molecule has 0 radical (unpaired) electrons. The highest BCUT2D eigenvalue weighted by Crippen LogP contribution is 2.21. The first-order valence-electron chi connectivity index (χ1n) is 10.3. The number of aromatic nitrogens is 1. The molecule has 1 aromatic heterocycles. The van der Waals surface area contributed by atoms with Crippen LogP contribution < -0.4 is 15.6 Å². The molecule has 0 saturated heterocycles. The van der Waals surface area contributed by atoms with E-state index in [1.54, 1.807) is 26.0 Å². The van der Waals surface area contributed by atoms with E-state index in [2.05, 4.69) is 15.8 Å². The molecular weight excluding hydrogens is 432 g/mol. The number of carbonyl (C=O) groups is 2. The fourth-order valence-electron chi connectivity index (χ4n) is 3.25. The summed E-state index contributed by atoms with van der Waals surface area (Å²) in [4.78, 5) is 28.0. The molecule has 3 N–H and O–H groups in total. The Labute approximate surface area is 186 Å². The molecule has 3 aromatic rings. The molecule has 32 heavy (non-hydrogen) atoms. The Bertz CT molecular complexity index is 1230. The first kappa shape index (κ1) is 23.3. The molecule has 2 aromatic carbocycles. The van der Waals surface area contributed by atoms with Gasteiger partial charge in [0.1, 0.15) is 11.4 Å². The zero-order valence-electron chi connectivity index (χ0n) is 18.1. The van der Waals surface area contributed by atoms with Crippen LogP contribution in [0.25, 0.3) is 10.9 Å². The van der Waals surface area contributed by atoms with Gasteiger partial charge in [0.25, 0.3) is 11.8 Å². The lowest BCUT2D eigenvalue weighted by molar-refractivity contribution is 0.0844. The van der Waals surface area contributed by atoms with E-state index in [4.69, 9.17) is 4.74 Å². The summed E-state index contributed by atoms with van der Waals surface area (Å²) in [5, 5.41) is 0.819. The minimum absolute atomic E-state index is 0.0147. The van der Waals surface area contributed by atoms with Crippen LogP contribution in [-0.4, -0.2) is 49.2 Å². The Balaban J connectivity index is 1.70. The molecule has 3 rings (SSSR count). The van der Waals surface area contributed by atoms with Crippen LogP contribution in [0.15, 0.2) is 53.4 Å². The number of hydrazine groups is 1. The molecule has 0 spiro atoms. The quantitative estimate of drug-likeness (QED) is 0.448. The zero-order chi connectivity index (χ0) is 23.3. The SMILES string of the molecule is CCOc1ccc2cc(C(=O)NNC(=O)c3cccc(S(=O)(=O)N(CC)CC)c3)[nH]c2c1. The maximum atomic E-state index is 12.7. The number of amides is 2. The summed E-state index contributed by atoms with van der Waals surface area (Å²) in [5.41, 5.74) is 5.75. The van der Waals surface area contributed by atoms with Gasteiger partial charge in [0.05, 0.1) is 11.5 Å². The van der Waals surface area contributed by atoms with Crippen molar-refractivity contribution in [3.63, 3.8) is 0 Å². The van der Waals surface area contributed by atoms with Gasteiger partial charge in [0.2, 0.25) is 10.0 Å². The maximum Gasteiger partial charge on any atom is 0.286 e. The largest absolute Gasteiger partial charge is 0.494 e. The number of hydrogen-bond donors (Lipinski definition) is 3. The number of aromatic amines is 1. The van der Waals surface area contributed by atoms with Crippen LogP contribution in [0.4, 0.5) is 0 Å². The number of benzene rings is 2. The molecule has 0 saturated carbocycles. The number of nitrogens with one attached hydrogen (secondary N) is 3. The van der Waals surface area contributed by atoms with Crippen LogP contribution >= 0.6 is 0 Å². The number of rotatable bonds is 8. The number of fused-ring (bicyclic) bond motifs is 1. The lowest BCUT2D eigenvalue weighted by Crippen LogP contribution is -2.41. The Morgan fingerprint density at radius 3 is 2.38 bits per heavy atom. The summed E-state index contributed by atoms with van der Waals surface area (Å²) >= 11 is 0. The average Bonchev–Trinajstić information content (AvgIpc) is 3.22. The van der Waals surface area contributed by atoms with Crippen LogP contribution in [-0.2, 0) is 10.0 Å². The fraction of sp³-hybridized carbons (Fsp3) is 0.273. The van der Waals surface area contributed by atoms with Gasteiger partial charge in [-0.3, -0.25) is 20.4 Å². The number of ether oxygens (including phenoxy) is 1. The van der Waals surface area contributed by atoms with Crippen molar-refractivity contribution in [2.45, 2.75) is 25.7 Å². The van der Waals surface area contributed by atoms with Gasteiger partial charge in [-0.1, -0.05) is 19.9 Å². The monoisotopic (exact) mass is 458 g/mol. The first-order chi connectivity index (χ1) is 15.3. The molecule has 0 aliphatic heterocycles. The van der Waals surface area contributed by atoms with E-state index in [1.807, 2.05) is 19.1 Å². The second-order valence-electron chi connectivity index (χ2n) is 6.89. The van der Waals surface area contributed by atoms with E-state index in [9.17, 15) is 18.0 Å². The third-order valence-corrected chi connectivity index (χ3v) is 6.92. The summed E-state index contributed by atoms with van der Waals surface area (Å²) in [5.74, 6) is -0.495. The normalized spacial score (nSPS) is 11.5. The van der Waals surface area contributed by atoms with Gasteiger partial charge < -0.3 is 9.72 Å². The highest BCUT2D eigenvalue weighted by molar-refractivity contribution is 7.89. The van der Waals surface area contributed by atoms with Crippen LogP contribution in [0.3, 0.4) is 0 Å². The van der Waals surface area contributed by atoms with Crippen LogP contribution in [0.5, 0.6) is 5.75 Å². The Kier molecular flexibility index (Phi) is 7.16. The van der Waals surface area contributed by atoms with Gasteiger partial charge in [-0.2, -0.15) is 4.31 Å². The van der Waals surface area contributed by atoms with Crippen LogP contribution in [0.2, 0.25) is 0 Å². The summed E-state index contributed by atoms with van der Waals surface area (Å²) in [6.07, 6.45) is 0. The van der Waals surface area contributed by atoms with E-state index in [1.165, 1.54) is 28.6 Å². The highest BCUT2D eigenvalue weighted by atomic mass is 32.2. The smallest absolute Gasteiger partial charge is 0.286 e. The van der Waals surface area contributed by atoms with Crippen molar-refractivity contribution in [3.8, 4) is 5.75 Å². The van der Waals surface area contributed by atoms with Crippen molar-refractivity contribution < 1.29 is 22.7 Å². The number of sulfonamides is 1. The van der Waals surface area contributed by atoms with Gasteiger partial charge >= 0.3 is 0 Å². The van der Waals surface area contributed by atoms with Gasteiger partial charge in [-0.15, -0.1) is 0 Å². The molecule has 10 heteroatoms. The van der Waals surface area contributed by atoms with Gasteiger partial charge in [-0.25, -0.2) is 8.42 Å². The second kappa shape index (κ2) is 9.84. The number of H-pyrrole nitrogens is 1. The molecule has 9 nitrogen and oxygen atoms in total. The minimum atomic E-state index is -3.70. The predicted molar refractivity (Wildman–Crippen MR) is 121 cm³/mol. The van der Waals surface area contributed by atoms with Crippen molar-refractivity contribution in [2.75, 3.05) is 19.7 Å². The predicted octanol–water partition coefficient (Wildman–Crippen LogP) is 2.67. The van der Waals surface area contributed by atoms with Crippen molar-refractivity contribution in [2.24, 2.45) is 0 Å². The van der Waals surface area contributed by atoms with Gasteiger partial charge in [-0.05, 0) is 43.3 Å². The summed E-state index contributed by atoms with van der Waals surface area (Å²) in [7, 11) is -3.70. The van der Waals surface area contributed by atoms with Crippen molar-refractivity contribution in [1.82, 2.24) is 20.1 Å². The average molecular weight is 459 g/mol. The zero-order valence-corrected chi connectivity index (χ0v) is 19.0. The molecule has 2 amide bonds. The Morgan fingerprint density at radius 1 is 0.969 bits per heavy atom. The lowest BCUT2D eigenvalue weighted by atomic mass is 10.2. The van der Waals surface area contributed by atoms with Crippen molar-refractivity contribution in [1.29, 1.82) is 0 Å². The summed E-state index contributed by atoms with van der Waals surface area (Å²) in [6, 6.07) is 12.8. The lowest BCUT2D eigenvalue weighted by Gasteiger charge is -2.18. The van der Waals surface area contributed by atoms with E-state index < -0.39 is 21.8 Å². The standard InChI is InChI=1S/C22H26N4O5S/c1-4-26(5-2)32(29,30)18-9-7-8-16(12-18)21(27)24-25-22(28)20-13-15-10-11-17(31-6-3)14-19(15)23-20/h7-14,23H,4-6H2,1-3H3,(H,24,27)(H,25,28).